The fraction of sp³-hybridized carbons (Fsp3) is 0.375. The van der Waals surface area contributed by atoms with Crippen molar-refractivity contribution in [1.82, 2.24) is 0 Å². The van der Waals surface area contributed by atoms with Gasteiger partial charge in [-0.2, -0.15) is 0 Å². The maximum atomic E-state index is 12.6. The Labute approximate surface area is 216 Å². The second kappa shape index (κ2) is 18.0. The predicted octanol–water partition coefficient (Wildman–Crippen LogP) is 8.29. The molecule has 1 unspecified atom stereocenters. The zero-order chi connectivity index (χ0) is 25.8. The van der Waals surface area contributed by atoms with Gasteiger partial charge in [0.1, 0.15) is 0 Å². The van der Waals surface area contributed by atoms with Crippen LogP contribution >= 0.6 is 0 Å². The summed E-state index contributed by atoms with van der Waals surface area (Å²) in [4.78, 5) is 23.6. The lowest BCUT2D eigenvalue weighted by Crippen LogP contribution is -2.15. The van der Waals surface area contributed by atoms with Gasteiger partial charge in [-0.1, -0.05) is 85.0 Å². The SMILES string of the molecule is COC(=O)CCC/C=C\C/C=C\C/C=C\C/C=C\CCCC(C)OC(=O)c1cccc2ccccc12. The summed E-state index contributed by atoms with van der Waals surface area (Å²) in [6.45, 7) is 1.96. The van der Waals surface area contributed by atoms with Crippen LogP contribution in [0.15, 0.2) is 91.1 Å². The number of hydrogen-bond acceptors (Lipinski definition) is 4. The molecule has 192 valence electrons. The van der Waals surface area contributed by atoms with Gasteiger partial charge in [-0.25, -0.2) is 4.79 Å². The molecule has 0 aliphatic heterocycles. The van der Waals surface area contributed by atoms with Gasteiger partial charge in [-0.05, 0) is 75.1 Å². The summed E-state index contributed by atoms with van der Waals surface area (Å²) in [7, 11) is 1.42. The maximum Gasteiger partial charge on any atom is 0.339 e. The molecule has 36 heavy (non-hydrogen) atoms. The lowest BCUT2D eigenvalue weighted by molar-refractivity contribution is -0.140. The van der Waals surface area contributed by atoms with Gasteiger partial charge in [0.15, 0.2) is 0 Å². The Morgan fingerprint density at radius 2 is 1.36 bits per heavy atom. The molecule has 0 aromatic heterocycles. The van der Waals surface area contributed by atoms with E-state index >= 15 is 0 Å². The van der Waals surface area contributed by atoms with Crippen LogP contribution in [0.3, 0.4) is 0 Å². The quantitative estimate of drug-likeness (QED) is 0.135. The highest BCUT2D eigenvalue weighted by atomic mass is 16.5. The van der Waals surface area contributed by atoms with Gasteiger partial charge in [0.25, 0.3) is 0 Å². The molecule has 0 aliphatic carbocycles. The van der Waals surface area contributed by atoms with E-state index in [1.165, 1.54) is 7.11 Å². The molecule has 0 heterocycles. The van der Waals surface area contributed by atoms with Crippen LogP contribution < -0.4 is 0 Å². The number of ether oxygens (including phenoxy) is 2. The van der Waals surface area contributed by atoms with Crippen LogP contribution in [0.25, 0.3) is 10.8 Å². The van der Waals surface area contributed by atoms with Gasteiger partial charge in [-0.15, -0.1) is 0 Å². The number of carbonyl (C=O) groups excluding carboxylic acids is 2. The van der Waals surface area contributed by atoms with Crippen molar-refractivity contribution in [3.05, 3.63) is 96.6 Å². The fourth-order valence-corrected chi connectivity index (χ4v) is 3.75. The zero-order valence-electron chi connectivity index (χ0n) is 21.7. The molecular weight excluding hydrogens is 448 g/mol. The molecule has 2 rings (SSSR count). The van der Waals surface area contributed by atoms with Crippen molar-refractivity contribution in [1.29, 1.82) is 0 Å². The average molecular weight is 489 g/mol. The van der Waals surface area contributed by atoms with Crippen molar-refractivity contribution in [2.45, 2.75) is 70.8 Å². The van der Waals surface area contributed by atoms with Crippen molar-refractivity contribution in [3.63, 3.8) is 0 Å². The molecule has 4 nitrogen and oxygen atoms in total. The predicted molar refractivity (Wildman–Crippen MR) is 149 cm³/mol. The number of hydrogen-bond donors (Lipinski definition) is 0. The number of allylic oxidation sites excluding steroid dienone is 8. The Kier molecular flexibility index (Phi) is 14.4. The van der Waals surface area contributed by atoms with Crippen LogP contribution in [0, 0.1) is 0 Å². The molecule has 0 spiro atoms. The van der Waals surface area contributed by atoms with E-state index in [0.717, 1.165) is 62.1 Å². The van der Waals surface area contributed by atoms with Crippen molar-refractivity contribution in [2.75, 3.05) is 7.11 Å². The number of rotatable bonds is 16. The topological polar surface area (TPSA) is 52.6 Å². The highest BCUT2D eigenvalue weighted by molar-refractivity contribution is 6.04. The van der Waals surface area contributed by atoms with E-state index in [2.05, 4.69) is 53.3 Å². The summed E-state index contributed by atoms with van der Waals surface area (Å²) >= 11 is 0. The number of fused-ring (bicyclic) bond motifs is 1. The summed E-state index contributed by atoms with van der Waals surface area (Å²) < 4.78 is 10.3. The number of methoxy groups -OCH3 is 1. The van der Waals surface area contributed by atoms with E-state index in [4.69, 9.17) is 4.74 Å². The van der Waals surface area contributed by atoms with E-state index in [1.54, 1.807) is 0 Å². The molecule has 0 bridgehead atoms. The third kappa shape index (κ3) is 11.8. The normalized spacial score (nSPS) is 12.8. The first-order chi connectivity index (χ1) is 17.6. The molecule has 0 amide bonds. The molecule has 0 saturated carbocycles. The Bertz CT molecular complexity index is 1040. The Morgan fingerprint density at radius 3 is 2.03 bits per heavy atom. The molecule has 0 aliphatic rings. The summed E-state index contributed by atoms with van der Waals surface area (Å²) in [5.74, 6) is -0.393. The molecular formula is C32H40O4. The second-order valence-electron chi connectivity index (χ2n) is 8.73. The molecule has 0 radical (unpaired) electrons. The standard InChI is InChI=1S/C32H40O4/c1-27(36-32(34)30-25-20-23-28-22-18-19-24-29(28)30)21-16-14-12-10-8-6-4-3-5-7-9-11-13-15-17-26-31(33)35-2/h4-7,10-13,18-20,22-25,27H,3,8-9,14-17,21,26H2,1-2H3/b6-4-,7-5-,12-10-,13-11-. The molecule has 0 fully saturated rings. The zero-order valence-corrected chi connectivity index (χ0v) is 21.7. The molecule has 4 heteroatoms. The van der Waals surface area contributed by atoms with Gasteiger partial charge in [0, 0.05) is 6.42 Å². The summed E-state index contributed by atoms with van der Waals surface area (Å²) in [5.41, 5.74) is 0.630. The third-order valence-corrected chi connectivity index (χ3v) is 5.76. The molecule has 1 atom stereocenters. The Morgan fingerprint density at radius 1 is 0.778 bits per heavy atom. The number of esters is 2. The minimum atomic E-state index is -0.249. The first-order valence-electron chi connectivity index (χ1n) is 13.0. The fourth-order valence-electron chi connectivity index (χ4n) is 3.75. The maximum absolute atomic E-state index is 12.6. The number of carbonyl (C=O) groups is 2. The number of unbranched alkanes of at least 4 members (excludes halogenated alkanes) is 2. The molecule has 2 aromatic rings. The highest BCUT2D eigenvalue weighted by Gasteiger charge is 2.14. The summed E-state index contributed by atoms with van der Waals surface area (Å²) in [5, 5.41) is 1.98. The Hall–Kier alpha value is -3.40. The van der Waals surface area contributed by atoms with Crippen molar-refractivity contribution in [3.8, 4) is 0 Å². The first kappa shape index (κ1) is 28.8. The monoisotopic (exact) mass is 488 g/mol. The van der Waals surface area contributed by atoms with Crippen LogP contribution in [0.4, 0.5) is 0 Å². The molecule has 0 saturated heterocycles. The van der Waals surface area contributed by atoms with E-state index in [1.807, 2.05) is 49.4 Å². The van der Waals surface area contributed by atoms with Gasteiger partial charge in [0.2, 0.25) is 0 Å². The van der Waals surface area contributed by atoms with Gasteiger partial charge in [0.05, 0.1) is 18.8 Å². The van der Waals surface area contributed by atoms with E-state index in [-0.39, 0.29) is 18.0 Å². The average Bonchev–Trinajstić information content (AvgIpc) is 2.89. The lowest BCUT2D eigenvalue weighted by Gasteiger charge is -2.13. The van der Waals surface area contributed by atoms with E-state index in [0.29, 0.717) is 12.0 Å². The lowest BCUT2D eigenvalue weighted by atomic mass is 10.0. The van der Waals surface area contributed by atoms with Crippen LogP contribution in [-0.2, 0) is 14.3 Å². The van der Waals surface area contributed by atoms with Crippen LogP contribution in [0.1, 0.15) is 75.1 Å². The number of benzene rings is 2. The summed E-state index contributed by atoms with van der Waals surface area (Å²) in [6, 6.07) is 13.6. The van der Waals surface area contributed by atoms with Gasteiger partial charge in [-0.3, -0.25) is 4.79 Å². The third-order valence-electron chi connectivity index (χ3n) is 5.76. The van der Waals surface area contributed by atoms with Crippen LogP contribution in [0.5, 0.6) is 0 Å². The van der Waals surface area contributed by atoms with Gasteiger partial charge >= 0.3 is 11.9 Å². The summed E-state index contributed by atoms with van der Waals surface area (Å²) in [6.07, 6.45) is 25.0. The van der Waals surface area contributed by atoms with E-state index in [9.17, 15) is 9.59 Å². The highest BCUT2D eigenvalue weighted by Crippen LogP contribution is 2.20. The van der Waals surface area contributed by atoms with Crippen molar-refractivity contribution < 1.29 is 19.1 Å². The van der Waals surface area contributed by atoms with E-state index < -0.39 is 0 Å². The molecule has 2 aromatic carbocycles. The minimum absolute atomic E-state index is 0.105. The van der Waals surface area contributed by atoms with Crippen molar-refractivity contribution in [2.24, 2.45) is 0 Å². The minimum Gasteiger partial charge on any atom is -0.469 e. The first-order valence-corrected chi connectivity index (χ1v) is 13.0. The van der Waals surface area contributed by atoms with Crippen molar-refractivity contribution >= 4 is 22.7 Å². The second-order valence-corrected chi connectivity index (χ2v) is 8.73. The molecule has 0 N–H and O–H groups in total. The van der Waals surface area contributed by atoms with Crippen LogP contribution in [-0.4, -0.2) is 25.2 Å². The van der Waals surface area contributed by atoms with Crippen LogP contribution in [0.2, 0.25) is 0 Å². The Balaban J connectivity index is 1.51. The largest absolute Gasteiger partial charge is 0.469 e. The smallest absolute Gasteiger partial charge is 0.339 e. The van der Waals surface area contributed by atoms with Gasteiger partial charge < -0.3 is 9.47 Å².